The standard InChI is InChI=1S/C15H7Cl2F3N2OS/c16-9-5-6-10-12(11(9)17)21-14(24-10)22-13(23)7-1-3-8(4-2-7)15(18,19)20/h1-6H,(H,21,22,23). The third kappa shape index (κ3) is 3.33. The average Bonchev–Trinajstić information content (AvgIpc) is 2.94. The largest absolute Gasteiger partial charge is 0.416 e. The molecule has 0 radical (unpaired) electrons. The number of alkyl halides is 3. The summed E-state index contributed by atoms with van der Waals surface area (Å²) in [5, 5.41) is 3.44. The van der Waals surface area contributed by atoms with Gasteiger partial charge >= 0.3 is 6.18 Å². The van der Waals surface area contributed by atoms with Crippen LogP contribution in [-0.4, -0.2) is 10.9 Å². The molecule has 0 aliphatic heterocycles. The van der Waals surface area contributed by atoms with Gasteiger partial charge in [-0.3, -0.25) is 10.1 Å². The highest BCUT2D eigenvalue weighted by molar-refractivity contribution is 7.22. The Kier molecular flexibility index (Phi) is 4.42. The van der Waals surface area contributed by atoms with Gasteiger partial charge in [0.05, 0.1) is 20.3 Å². The molecule has 0 saturated carbocycles. The van der Waals surface area contributed by atoms with Gasteiger partial charge in [-0.25, -0.2) is 4.98 Å². The molecular weight excluding hydrogens is 384 g/mol. The normalized spacial score (nSPS) is 11.7. The van der Waals surface area contributed by atoms with Crippen LogP contribution in [0.4, 0.5) is 18.3 Å². The van der Waals surface area contributed by atoms with E-state index in [4.69, 9.17) is 23.2 Å². The second-order valence-corrected chi connectivity index (χ2v) is 6.57. The van der Waals surface area contributed by atoms with Crippen LogP contribution in [0.3, 0.4) is 0 Å². The van der Waals surface area contributed by atoms with E-state index in [9.17, 15) is 18.0 Å². The Morgan fingerprint density at radius 3 is 2.38 bits per heavy atom. The van der Waals surface area contributed by atoms with Crippen LogP contribution in [0.15, 0.2) is 36.4 Å². The smallest absolute Gasteiger partial charge is 0.298 e. The molecule has 3 aromatic rings. The number of aromatic nitrogens is 1. The number of hydrogen-bond acceptors (Lipinski definition) is 3. The number of thiazole rings is 1. The van der Waals surface area contributed by atoms with Crippen LogP contribution in [0.5, 0.6) is 0 Å². The first-order chi connectivity index (χ1) is 11.3. The number of benzene rings is 2. The number of carbonyl (C=O) groups excluding carboxylic acids is 1. The number of rotatable bonds is 2. The fourth-order valence-corrected chi connectivity index (χ4v) is 3.26. The van der Waals surface area contributed by atoms with Crippen LogP contribution in [0.1, 0.15) is 15.9 Å². The van der Waals surface area contributed by atoms with E-state index in [1.165, 1.54) is 11.3 Å². The van der Waals surface area contributed by atoms with Crippen molar-refractivity contribution in [1.82, 2.24) is 4.98 Å². The summed E-state index contributed by atoms with van der Waals surface area (Å²) in [7, 11) is 0. The predicted octanol–water partition coefficient (Wildman–Crippen LogP) is 5.87. The van der Waals surface area contributed by atoms with Gasteiger partial charge in [0, 0.05) is 5.56 Å². The number of nitrogens with zero attached hydrogens (tertiary/aromatic N) is 1. The number of hydrogen-bond donors (Lipinski definition) is 1. The lowest BCUT2D eigenvalue weighted by molar-refractivity contribution is -0.137. The maximum absolute atomic E-state index is 12.5. The molecule has 0 aliphatic carbocycles. The first kappa shape index (κ1) is 17.0. The molecule has 1 N–H and O–H groups in total. The van der Waals surface area contributed by atoms with E-state index in [1.54, 1.807) is 12.1 Å². The van der Waals surface area contributed by atoms with Crippen molar-refractivity contribution in [3.8, 4) is 0 Å². The third-order valence-electron chi connectivity index (χ3n) is 3.15. The minimum Gasteiger partial charge on any atom is -0.298 e. The van der Waals surface area contributed by atoms with Crippen LogP contribution in [0.25, 0.3) is 10.2 Å². The average molecular weight is 391 g/mol. The SMILES string of the molecule is O=C(Nc1nc2c(Cl)c(Cl)ccc2s1)c1ccc(C(F)(F)F)cc1. The van der Waals surface area contributed by atoms with Gasteiger partial charge in [0.2, 0.25) is 0 Å². The molecule has 3 rings (SSSR count). The van der Waals surface area contributed by atoms with Gasteiger partial charge in [0.15, 0.2) is 5.13 Å². The van der Waals surface area contributed by atoms with Crippen molar-refractivity contribution in [2.75, 3.05) is 5.32 Å². The van der Waals surface area contributed by atoms with Crippen molar-refractivity contribution < 1.29 is 18.0 Å². The quantitative estimate of drug-likeness (QED) is 0.593. The Balaban J connectivity index is 1.83. The Morgan fingerprint density at radius 2 is 1.75 bits per heavy atom. The summed E-state index contributed by atoms with van der Waals surface area (Å²) in [6.07, 6.45) is -4.45. The fourth-order valence-electron chi connectivity index (χ4n) is 1.97. The Hall–Kier alpha value is -1.83. The van der Waals surface area contributed by atoms with Gasteiger partial charge in [-0.05, 0) is 36.4 Å². The number of amides is 1. The summed E-state index contributed by atoms with van der Waals surface area (Å²) in [4.78, 5) is 16.3. The minimum atomic E-state index is -4.45. The van der Waals surface area contributed by atoms with Gasteiger partial charge in [0.25, 0.3) is 5.91 Å². The van der Waals surface area contributed by atoms with Crippen molar-refractivity contribution >= 4 is 55.8 Å². The molecule has 1 amide bonds. The maximum atomic E-state index is 12.5. The monoisotopic (exact) mass is 390 g/mol. The van der Waals surface area contributed by atoms with Crippen molar-refractivity contribution in [3.63, 3.8) is 0 Å². The minimum absolute atomic E-state index is 0.0892. The third-order valence-corrected chi connectivity index (χ3v) is 4.88. The number of fused-ring (bicyclic) bond motifs is 1. The van der Waals surface area contributed by atoms with E-state index in [0.717, 1.165) is 29.0 Å². The van der Waals surface area contributed by atoms with Crippen LogP contribution < -0.4 is 5.32 Å². The molecule has 0 spiro atoms. The molecule has 3 nitrogen and oxygen atoms in total. The van der Waals surface area contributed by atoms with Crippen molar-refractivity contribution in [2.45, 2.75) is 6.18 Å². The topological polar surface area (TPSA) is 42.0 Å². The summed E-state index contributed by atoms with van der Waals surface area (Å²) >= 11 is 13.1. The van der Waals surface area contributed by atoms with Gasteiger partial charge in [-0.15, -0.1) is 0 Å². The second kappa shape index (κ2) is 6.23. The summed E-state index contributed by atoms with van der Waals surface area (Å²) in [5.74, 6) is -0.565. The van der Waals surface area contributed by atoms with Crippen LogP contribution >= 0.6 is 34.5 Å². The summed E-state index contributed by atoms with van der Waals surface area (Å²) in [6.45, 7) is 0. The number of anilines is 1. The highest BCUT2D eigenvalue weighted by Crippen LogP contribution is 2.35. The predicted molar refractivity (Wildman–Crippen MR) is 89.0 cm³/mol. The summed E-state index contributed by atoms with van der Waals surface area (Å²) < 4.78 is 38.3. The Morgan fingerprint density at radius 1 is 1.08 bits per heavy atom. The molecule has 1 heterocycles. The Bertz CT molecular complexity index is 923. The summed E-state index contributed by atoms with van der Waals surface area (Å²) in [5.41, 5.74) is -0.274. The molecule has 0 fully saturated rings. The zero-order valence-corrected chi connectivity index (χ0v) is 13.9. The van der Waals surface area contributed by atoms with Gasteiger partial charge in [0.1, 0.15) is 5.52 Å². The molecule has 2 aromatic carbocycles. The van der Waals surface area contributed by atoms with Crippen molar-refractivity contribution in [1.29, 1.82) is 0 Å². The lowest BCUT2D eigenvalue weighted by atomic mass is 10.1. The van der Waals surface area contributed by atoms with Gasteiger partial charge < -0.3 is 0 Å². The van der Waals surface area contributed by atoms with Crippen molar-refractivity contribution in [3.05, 3.63) is 57.6 Å². The lowest BCUT2D eigenvalue weighted by Gasteiger charge is -2.07. The number of carbonyl (C=O) groups is 1. The van der Waals surface area contributed by atoms with Crippen molar-refractivity contribution in [2.24, 2.45) is 0 Å². The first-order valence-electron chi connectivity index (χ1n) is 6.49. The van der Waals surface area contributed by atoms with E-state index in [0.29, 0.717) is 10.5 Å². The number of nitrogens with one attached hydrogen (secondary N) is 1. The molecule has 0 bridgehead atoms. The fraction of sp³-hybridized carbons (Fsp3) is 0.0667. The molecule has 0 aliphatic rings. The van der Waals surface area contributed by atoms with E-state index < -0.39 is 17.6 Å². The molecule has 24 heavy (non-hydrogen) atoms. The molecule has 0 atom stereocenters. The molecule has 1 aromatic heterocycles. The van der Waals surface area contributed by atoms with Gasteiger partial charge in [-0.1, -0.05) is 34.5 Å². The Labute approximate surface area is 148 Å². The molecule has 0 unspecified atom stereocenters. The highest BCUT2D eigenvalue weighted by Gasteiger charge is 2.30. The first-order valence-corrected chi connectivity index (χ1v) is 8.06. The lowest BCUT2D eigenvalue weighted by Crippen LogP contribution is -2.12. The number of halogens is 5. The molecule has 0 saturated heterocycles. The zero-order valence-electron chi connectivity index (χ0n) is 11.6. The van der Waals surface area contributed by atoms with Crippen LogP contribution in [-0.2, 0) is 6.18 Å². The second-order valence-electron chi connectivity index (χ2n) is 4.76. The molecule has 124 valence electrons. The highest BCUT2D eigenvalue weighted by atomic mass is 35.5. The molecular formula is C15H7Cl2F3N2OS. The van der Waals surface area contributed by atoms with Crippen LogP contribution in [0.2, 0.25) is 10.0 Å². The molecule has 9 heteroatoms. The van der Waals surface area contributed by atoms with E-state index >= 15 is 0 Å². The van der Waals surface area contributed by atoms with E-state index in [-0.39, 0.29) is 15.7 Å². The van der Waals surface area contributed by atoms with E-state index in [2.05, 4.69) is 10.3 Å². The maximum Gasteiger partial charge on any atom is 0.416 e. The van der Waals surface area contributed by atoms with Gasteiger partial charge in [-0.2, -0.15) is 13.2 Å². The summed E-state index contributed by atoms with van der Waals surface area (Å²) in [6, 6.07) is 7.25. The zero-order chi connectivity index (χ0) is 17.5. The van der Waals surface area contributed by atoms with E-state index in [1.807, 2.05) is 0 Å². The van der Waals surface area contributed by atoms with Crippen LogP contribution in [0, 0.1) is 0 Å².